The summed E-state index contributed by atoms with van der Waals surface area (Å²) in [7, 11) is 3.30. The Labute approximate surface area is 147 Å². The molecule has 1 aromatic heterocycles. The second kappa shape index (κ2) is 7.61. The maximum absolute atomic E-state index is 12.2. The van der Waals surface area contributed by atoms with Crippen LogP contribution in [0.15, 0.2) is 34.9 Å². The highest BCUT2D eigenvalue weighted by atomic mass is 16.5. The second-order valence-corrected chi connectivity index (χ2v) is 6.36. The molecule has 1 aromatic carbocycles. The van der Waals surface area contributed by atoms with E-state index in [4.69, 9.17) is 13.9 Å². The number of furan rings is 1. The van der Waals surface area contributed by atoms with Crippen LogP contribution in [0, 0.1) is 6.92 Å². The molecule has 1 atom stereocenters. The van der Waals surface area contributed by atoms with Crippen LogP contribution in [0.5, 0.6) is 11.5 Å². The quantitative estimate of drug-likeness (QED) is 0.873. The molecule has 1 fully saturated rings. The molecule has 6 nitrogen and oxygen atoms in total. The van der Waals surface area contributed by atoms with Gasteiger partial charge in [-0.3, -0.25) is 9.69 Å². The number of carbonyl (C=O) groups is 1. The number of likely N-dealkylation sites (tertiary alicyclic amines) is 1. The number of rotatable bonds is 6. The van der Waals surface area contributed by atoms with Crippen molar-refractivity contribution in [2.75, 3.05) is 27.3 Å². The van der Waals surface area contributed by atoms with Crippen molar-refractivity contribution in [3.05, 3.63) is 47.4 Å². The molecule has 3 rings (SSSR count). The summed E-state index contributed by atoms with van der Waals surface area (Å²) in [4.78, 5) is 14.5. The van der Waals surface area contributed by atoms with Gasteiger partial charge in [0, 0.05) is 31.7 Å². The molecular formula is C19H24N2O4. The summed E-state index contributed by atoms with van der Waals surface area (Å²) in [5, 5.41) is 3.08. The number of hydrogen-bond donors (Lipinski definition) is 1. The number of ether oxygens (including phenoxy) is 2. The maximum atomic E-state index is 12.2. The Morgan fingerprint density at radius 2 is 1.96 bits per heavy atom. The number of amides is 1. The predicted molar refractivity (Wildman–Crippen MR) is 94.1 cm³/mol. The Kier molecular flexibility index (Phi) is 5.28. The van der Waals surface area contributed by atoms with Crippen molar-refractivity contribution in [2.24, 2.45) is 0 Å². The van der Waals surface area contributed by atoms with E-state index in [1.54, 1.807) is 20.3 Å². The minimum absolute atomic E-state index is 0.0771. The van der Waals surface area contributed by atoms with Crippen LogP contribution in [0.1, 0.15) is 28.1 Å². The van der Waals surface area contributed by atoms with Crippen LogP contribution in [-0.2, 0) is 6.54 Å². The third kappa shape index (κ3) is 4.33. The zero-order valence-electron chi connectivity index (χ0n) is 14.9. The fourth-order valence-electron chi connectivity index (χ4n) is 3.14. The van der Waals surface area contributed by atoms with E-state index in [0.29, 0.717) is 5.56 Å². The van der Waals surface area contributed by atoms with E-state index in [0.717, 1.165) is 48.9 Å². The summed E-state index contributed by atoms with van der Waals surface area (Å²) in [5.41, 5.74) is 1.71. The monoisotopic (exact) mass is 344 g/mol. The van der Waals surface area contributed by atoms with E-state index in [2.05, 4.69) is 10.2 Å². The number of methoxy groups -OCH3 is 2. The van der Waals surface area contributed by atoms with Gasteiger partial charge in [-0.25, -0.2) is 0 Å². The molecule has 2 aromatic rings. The summed E-state index contributed by atoms with van der Waals surface area (Å²) in [6, 6.07) is 7.80. The summed E-state index contributed by atoms with van der Waals surface area (Å²) in [6.07, 6.45) is 2.43. The van der Waals surface area contributed by atoms with Crippen LogP contribution in [0.2, 0.25) is 0 Å². The van der Waals surface area contributed by atoms with Gasteiger partial charge in [0.15, 0.2) is 0 Å². The molecule has 0 radical (unpaired) electrons. The van der Waals surface area contributed by atoms with Crippen LogP contribution < -0.4 is 14.8 Å². The van der Waals surface area contributed by atoms with Crippen molar-refractivity contribution in [3.8, 4) is 11.5 Å². The summed E-state index contributed by atoms with van der Waals surface area (Å²) >= 11 is 0. The molecule has 6 heteroatoms. The smallest absolute Gasteiger partial charge is 0.254 e. The Balaban J connectivity index is 1.57. The van der Waals surface area contributed by atoms with Gasteiger partial charge in [-0.2, -0.15) is 0 Å². The molecule has 0 unspecified atom stereocenters. The topological polar surface area (TPSA) is 63.9 Å². The first-order chi connectivity index (χ1) is 12.1. The lowest BCUT2D eigenvalue weighted by atomic mass is 10.2. The van der Waals surface area contributed by atoms with Gasteiger partial charge in [0.25, 0.3) is 5.91 Å². The van der Waals surface area contributed by atoms with E-state index >= 15 is 0 Å². The van der Waals surface area contributed by atoms with E-state index < -0.39 is 0 Å². The second-order valence-electron chi connectivity index (χ2n) is 6.36. The molecule has 0 bridgehead atoms. The van der Waals surface area contributed by atoms with Gasteiger partial charge in [0.1, 0.15) is 23.5 Å². The summed E-state index contributed by atoms with van der Waals surface area (Å²) < 4.78 is 15.8. The lowest BCUT2D eigenvalue weighted by molar-refractivity contribution is 0.0937. The molecule has 1 N–H and O–H groups in total. The van der Waals surface area contributed by atoms with Crippen LogP contribution >= 0.6 is 0 Å². The standard InChI is InChI=1S/C19H24N2O4/c1-13-6-15(12-25-13)19(22)20-16-4-5-21(11-16)10-14-7-17(23-2)9-18(8-14)24-3/h6-9,12,16H,4-5,10-11H2,1-3H3,(H,20,22)/t16-/m1/s1. The molecule has 25 heavy (non-hydrogen) atoms. The van der Waals surface area contributed by atoms with E-state index in [9.17, 15) is 4.79 Å². The van der Waals surface area contributed by atoms with Gasteiger partial charge in [-0.15, -0.1) is 0 Å². The molecule has 1 aliphatic rings. The Morgan fingerprint density at radius 3 is 2.56 bits per heavy atom. The first-order valence-electron chi connectivity index (χ1n) is 8.37. The van der Waals surface area contributed by atoms with Crippen molar-refractivity contribution < 1.29 is 18.7 Å². The fourth-order valence-corrected chi connectivity index (χ4v) is 3.14. The molecule has 2 heterocycles. The van der Waals surface area contributed by atoms with Crippen molar-refractivity contribution in [1.29, 1.82) is 0 Å². The van der Waals surface area contributed by atoms with Gasteiger partial charge in [-0.05, 0) is 37.1 Å². The molecular weight excluding hydrogens is 320 g/mol. The van der Waals surface area contributed by atoms with E-state index in [-0.39, 0.29) is 11.9 Å². The van der Waals surface area contributed by atoms with Crippen molar-refractivity contribution in [3.63, 3.8) is 0 Å². The first-order valence-corrected chi connectivity index (χ1v) is 8.37. The Hall–Kier alpha value is -2.47. The number of nitrogens with zero attached hydrogens (tertiary/aromatic N) is 1. The molecule has 1 saturated heterocycles. The third-order valence-corrected chi connectivity index (χ3v) is 4.42. The largest absolute Gasteiger partial charge is 0.497 e. The molecule has 1 aliphatic heterocycles. The van der Waals surface area contributed by atoms with Crippen LogP contribution in [0.3, 0.4) is 0 Å². The van der Waals surface area contributed by atoms with Gasteiger partial charge in [0.05, 0.1) is 19.8 Å². The van der Waals surface area contributed by atoms with E-state index in [1.165, 1.54) is 6.26 Å². The lowest BCUT2D eigenvalue weighted by Crippen LogP contribution is -2.36. The molecule has 0 aliphatic carbocycles. The summed E-state index contributed by atoms with van der Waals surface area (Å²) in [5.74, 6) is 2.24. The van der Waals surface area contributed by atoms with Gasteiger partial charge in [-0.1, -0.05) is 0 Å². The van der Waals surface area contributed by atoms with Crippen molar-refractivity contribution in [2.45, 2.75) is 25.9 Å². The predicted octanol–water partition coefficient (Wildman–Crippen LogP) is 2.61. The highest BCUT2D eigenvalue weighted by molar-refractivity contribution is 5.94. The molecule has 0 saturated carbocycles. The summed E-state index contributed by atoms with van der Waals surface area (Å²) in [6.45, 7) is 4.39. The van der Waals surface area contributed by atoms with Crippen LogP contribution in [0.4, 0.5) is 0 Å². The highest BCUT2D eigenvalue weighted by Gasteiger charge is 2.25. The van der Waals surface area contributed by atoms with Gasteiger partial charge < -0.3 is 19.2 Å². The minimum atomic E-state index is -0.0771. The van der Waals surface area contributed by atoms with Gasteiger partial charge >= 0.3 is 0 Å². The third-order valence-electron chi connectivity index (χ3n) is 4.42. The minimum Gasteiger partial charge on any atom is -0.497 e. The fraction of sp³-hybridized carbons (Fsp3) is 0.421. The lowest BCUT2D eigenvalue weighted by Gasteiger charge is -2.17. The average Bonchev–Trinajstić information content (AvgIpc) is 3.23. The van der Waals surface area contributed by atoms with Gasteiger partial charge in [0.2, 0.25) is 0 Å². The normalized spacial score (nSPS) is 17.5. The number of carbonyl (C=O) groups excluding carboxylic acids is 1. The van der Waals surface area contributed by atoms with Crippen molar-refractivity contribution >= 4 is 5.91 Å². The molecule has 0 spiro atoms. The Bertz CT molecular complexity index is 719. The first kappa shape index (κ1) is 17.4. The van der Waals surface area contributed by atoms with Crippen LogP contribution in [-0.4, -0.2) is 44.2 Å². The highest BCUT2D eigenvalue weighted by Crippen LogP contribution is 2.24. The molecule has 1 amide bonds. The van der Waals surface area contributed by atoms with Crippen LogP contribution in [0.25, 0.3) is 0 Å². The number of nitrogens with one attached hydrogen (secondary N) is 1. The number of benzene rings is 1. The average molecular weight is 344 g/mol. The zero-order chi connectivity index (χ0) is 17.8. The number of aryl methyl sites for hydroxylation is 1. The van der Waals surface area contributed by atoms with Crippen molar-refractivity contribution in [1.82, 2.24) is 10.2 Å². The number of hydrogen-bond acceptors (Lipinski definition) is 5. The van der Waals surface area contributed by atoms with E-state index in [1.807, 2.05) is 25.1 Å². The maximum Gasteiger partial charge on any atom is 0.254 e. The molecule has 134 valence electrons. The zero-order valence-corrected chi connectivity index (χ0v) is 14.9. The SMILES string of the molecule is COc1cc(CN2CC[C@@H](NC(=O)c3coc(C)c3)C2)cc(OC)c1. The Morgan fingerprint density at radius 1 is 1.24 bits per heavy atom.